The van der Waals surface area contributed by atoms with Crippen LogP contribution in [0.4, 0.5) is 0 Å². The predicted molar refractivity (Wildman–Crippen MR) is 155 cm³/mol. The monoisotopic (exact) mass is 575 g/mol. The first-order valence-electron chi connectivity index (χ1n) is 12.4. The van der Waals surface area contributed by atoms with E-state index in [1.54, 1.807) is 19.2 Å². The molecule has 0 saturated heterocycles. The van der Waals surface area contributed by atoms with E-state index in [-0.39, 0.29) is 28.9 Å². The van der Waals surface area contributed by atoms with Crippen LogP contribution < -0.4 is 24.4 Å². The Hall–Kier alpha value is -4.84. The number of esters is 1. The molecule has 4 aromatic rings. The third-order valence-corrected chi connectivity index (χ3v) is 6.67. The van der Waals surface area contributed by atoms with Gasteiger partial charge in [-0.3, -0.25) is 14.2 Å². The van der Waals surface area contributed by atoms with Gasteiger partial charge in [-0.15, -0.1) is 10.2 Å². The molecule has 1 aromatic heterocycles. The van der Waals surface area contributed by atoms with Crippen LogP contribution in [-0.4, -0.2) is 59.9 Å². The van der Waals surface area contributed by atoms with Gasteiger partial charge >= 0.3 is 5.97 Å². The highest BCUT2D eigenvalue weighted by Crippen LogP contribution is 2.38. The number of ether oxygens (including phenoxy) is 4. The molecule has 0 fully saturated rings. The summed E-state index contributed by atoms with van der Waals surface area (Å²) in [4.78, 5) is 24.1. The number of amides is 1. The number of aryl methyl sites for hydroxylation is 1. The van der Waals surface area contributed by atoms with Gasteiger partial charge in [0.1, 0.15) is 5.75 Å². The first kappa shape index (κ1) is 29.2. The van der Waals surface area contributed by atoms with Crippen LogP contribution in [-0.2, 0) is 9.59 Å². The van der Waals surface area contributed by atoms with Crippen molar-refractivity contribution < 1.29 is 28.5 Å². The fourth-order valence-electron chi connectivity index (χ4n) is 3.78. The van der Waals surface area contributed by atoms with Crippen LogP contribution in [0.3, 0.4) is 0 Å². The highest BCUT2D eigenvalue weighted by Gasteiger charge is 2.18. The van der Waals surface area contributed by atoms with Crippen LogP contribution >= 0.6 is 11.8 Å². The quantitative estimate of drug-likeness (QED) is 0.0908. The van der Waals surface area contributed by atoms with Gasteiger partial charge in [0.2, 0.25) is 5.75 Å². The average Bonchev–Trinajstić information content (AvgIpc) is 3.40. The van der Waals surface area contributed by atoms with E-state index in [2.05, 4.69) is 20.7 Å². The van der Waals surface area contributed by atoms with E-state index >= 15 is 0 Å². The van der Waals surface area contributed by atoms with E-state index in [1.807, 2.05) is 60.0 Å². The number of carbonyl (C=O) groups is 2. The Kier molecular flexibility index (Phi) is 9.59. The summed E-state index contributed by atoms with van der Waals surface area (Å²) in [5.74, 6) is 1.28. The van der Waals surface area contributed by atoms with Gasteiger partial charge in [0, 0.05) is 23.7 Å². The summed E-state index contributed by atoms with van der Waals surface area (Å²) in [7, 11) is 4.49. The zero-order valence-corrected chi connectivity index (χ0v) is 24.0. The van der Waals surface area contributed by atoms with Gasteiger partial charge in [-0.1, -0.05) is 41.6 Å². The Balaban J connectivity index is 1.49. The molecular formula is C29H29N5O6S. The number of thioether (sulfide) groups is 1. The van der Waals surface area contributed by atoms with Crippen LogP contribution in [0.15, 0.2) is 70.9 Å². The normalized spacial score (nSPS) is 10.9. The minimum absolute atomic E-state index is 0.0392. The largest absolute Gasteiger partial charge is 0.497 e. The number of aromatic nitrogens is 3. The molecule has 12 heteroatoms. The molecule has 1 N–H and O–H groups in total. The van der Waals surface area contributed by atoms with Gasteiger partial charge in [-0.2, -0.15) is 5.10 Å². The fraction of sp³-hybridized carbons (Fsp3) is 0.207. The highest BCUT2D eigenvalue weighted by molar-refractivity contribution is 7.99. The Morgan fingerprint density at radius 1 is 0.951 bits per heavy atom. The molecule has 0 radical (unpaired) electrons. The number of carbonyl (C=O) groups excluding carboxylic acids is 2. The zero-order valence-electron chi connectivity index (χ0n) is 23.2. The van der Waals surface area contributed by atoms with E-state index in [0.717, 1.165) is 22.6 Å². The smallest absolute Gasteiger partial charge is 0.308 e. The standard InChI is InChI=1S/C29H29N5O6S/c1-18-6-8-21(9-7-18)28-32-33-29(34(28)22-10-12-23(37-3)13-11-22)41-17-26(36)31-30-16-20-14-24(38-4)27(40-19(2)35)25(15-20)39-5/h6-16H,17H2,1-5H3,(H,31,36)/b30-16-. The molecule has 0 spiro atoms. The van der Waals surface area contributed by atoms with Crippen LogP contribution in [0.5, 0.6) is 23.0 Å². The lowest BCUT2D eigenvalue weighted by Crippen LogP contribution is -2.20. The molecule has 41 heavy (non-hydrogen) atoms. The first-order chi connectivity index (χ1) is 19.8. The van der Waals surface area contributed by atoms with E-state index in [9.17, 15) is 9.59 Å². The van der Waals surface area contributed by atoms with E-state index in [1.165, 1.54) is 39.1 Å². The minimum Gasteiger partial charge on any atom is -0.497 e. The molecule has 0 saturated carbocycles. The molecular weight excluding hydrogens is 546 g/mol. The van der Waals surface area contributed by atoms with Gasteiger partial charge in [0.15, 0.2) is 22.5 Å². The molecule has 0 unspecified atom stereocenters. The summed E-state index contributed by atoms with van der Waals surface area (Å²) in [5.41, 5.74) is 5.92. The van der Waals surface area contributed by atoms with Crippen molar-refractivity contribution in [3.63, 3.8) is 0 Å². The molecule has 1 heterocycles. The van der Waals surface area contributed by atoms with Crippen LogP contribution in [0, 0.1) is 6.92 Å². The van der Waals surface area contributed by atoms with Gasteiger partial charge in [-0.05, 0) is 43.3 Å². The number of hydrogen-bond acceptors (Lipinski definition) is 10. The third-order valence-electron chi connectivity index (χ3n) is 5.74. The number of methoxy groups -OCH3 is 3. The number of rotatable bonds is 11. The van der Waals surface area contributed by atoms with Crippen molar-refractivity contribution in [2.24, 2.45) is 5.10 Å². The minimum atomic E-state index is -0.512. The number of hydrazone groups is 1. The summed E-state index contributed by atoms with van der Waals surface area (Å²) >= 11 is 1.23. The van der Waals surface area contributed by atoms with E-state index < -0.39 is 5.97 Å². The second-order valence-corrected chi connectivity index (χ2v) is 9.58. The fourth-order valence-corrected chi connectivity index (χ4v) is 4.52. The van der Waals surface area contributed by atoms with Crippen molar-refractivity contribution in [2.75, 3.05) is 27.1 Å². The molecule has 1 amide bonds. The Bertz CT molecular complexity index is 1530. The van der Waals surface area contributed by atoms with Crippen molar-refractivity contribution >= 4 is 29.9 Å². The number of benzene rings is 3. The van der Waals surface area contributed by atoms with Crippen molar-refractivity contribution in [1.29, 1.82) is 0 Å². The van der Waals surface area contributed by atoms with Gasteiger partial charge in [0.25, 0.3) is 5.91 Å². The molecule has 4 rings (SSSR count). The maximum Gasteiger partial charge on any atom is 0.308 e. The third kappa shape index (κ3) is 7.22. The maximum atomic E-state index is 12.6. The topological polar surface area (TPSA) is 126 Å². The zero-order chi connectivity index (χ0) is 29.4. The molecule has 0 aliphatic rings. The second-order valence-electron chi connectivity index (χ2n) is 8.64. The summed E-state index contributed by atoms with van der Waals surface area (Å²) in [5, 5.41) is 13.4. The van der Waals surface area contributed by atoms with Crippen molar-refractivity contribution in [3.8, 4) is 40.1 Å². The van der Waals surface area contributed by atoms with Crippen molar-refractivity contribution in [1.82, 2.24) is 20.2 Å². The molecule has 0 aliphatic carbocycles. The van der Waals surface area contributed by atoms with Crippen LogP contribution in [0.2, 0.25) is 0 Å². The number of hydrogen-bond donors (Lipinski definition) is 1. The summed E-state index contributed by atoms with van der Waals surface area (Å²) in [6, 6.07) is 18.7. The second kappa shape index (κ2) is 13.5. The maximum absolute atomic E-state index is 12.6. The lowest BCUT2D eigenvalue weighted by Gasteiger charge is -2.13. The molecule has 212 valence electrons. The summed E-state index contributed by atoms with van der Waals surface area (Å²) in [6.07, 6.45) is 1.43. The molecule has 0 bridgehead atoms. The van der Waals surface area contributed by atoms with Gasteiger partial charge < -0.3 is 18.9 Å². The van der Waals surface area contributed by atoms with Crippen molar-refractivity contribution in [3.05, 3.63) is 71.8 Å². The lowest BCUT2D eigenvalue weighted by atomic mass is 10.1. The number of nitrogens with one attached hydrogen (secondary N) is 1. The highest BCUT2D eigenvalue weighted by atomic mass is 32.2. The SMILES string of the molecule is COc1ccc(-n2c(SCC(=O)N/N=C\c3cc(OC)c(OC(C)=O)c(OC)c3)nnc2-c2ccc(C)cc2)cc1. The van der Waals surface area contributed by atoms with Gasteiger partial charge in [0.05, 0.1) is 33.3 Å². The molecule has 3 aromatic carbocycles. The Morgan fingerprint density at radius 3 is 2.20 bits per heavy atom. The molecule has 11 nitrogen and oxygen atoms in total. The average molecular weight is 576 g/mol. The summed E-state index contributed by atoms with van der Waals surface area (Å²) in [6.45, 7) is 3.30. The van der Waals surface area contributed by atoms with Gasteiger partial charge in [-0.25, -0.2) is 5.43 Å². The Labute approximate surface area is 241 Å². The molecule has 0 atom stereocenters. The summed E-state index contributed by atoms with van der Waals surface area (Å²) < 4.78 is 23.0. The predicted octanol–water partition coefficient (Wildman–Crippen LogP) is 4.44. The van der Waals surface area contributed by atoms with E-state index in [4.69, 9.17) is 18.9 Å². The molecule has 0 aliphatic heterocycles. The number of nitrogens with zero attached hydrogens (tertiary/aromatic N) is 4. The lowest BCUT2D eigenvalue weighted by molar-refractivity contribution is -0.132. The van der Waals surface area contributed by atoms with E-state index in [0.29, 0.717) is 16.5 Å². The van der Waals surface area contributed by atoms with Crippen LogP contribution in [0.1, 0.15) is 18.1 Å². The van der Waals surface area contributed by atoms with Crippen molar-refractivity contribution in [2.45, 2.75) is 19.0 Å². The first-order valence-corrected chi connectivity index (χ1v) is 13.4. The van der Waals surface area contributed by atoms with Crippen LogP contribution in [0.25, 0.3) is 17.1 Å². The Morgan fingerprint density at radius 2 is 1.61 bits per heavy atom.